The molecule has 1 amide bonds. The van der Waals surface area contributed by atoms with Crippen LogP contribution in [-0.2, 0) is 21.0 Å². The summed E-state index contributed by atoms with van der Waals surface area (Å²) in [6.45, 7) is 1.87. The predicted octanol–water partition coefficient (Wildman–Crippen LogP) is 4.12. The van der Waals surface area contributed by atoms with E-state index in [1.54, 1.807) is 11.0 Å². The highest BCUT2D eigenvalue weighted by atomic mass is 35.5. The number of halogens is 4. The largest absolute Gasteiger partial charge is 0.495 e. The molecule has 2 aliphatic rings. The first-order valence-electron chi connectivity index (χ1n) is 11.6. The normalized spacial score (nSPS) is 19.9. The van der Waals surface area contributed by atoms with Crippen molar-refractivity contribution in [1.29, 1.82) is 0 Å². The van der Waals surface area contributed by atoms with Crippen LogP contribution in [0.2, 0.25) is 5.02 Å². The second-order valence-corrected chi connectivity index (χ2v) is 11.2. The summed E-state index contributed by atoms with van der Waals surface area (Å²) >= 11 is 6.11. The van der Waals surface area contributed by atoms with Gasteiger partial charge in [0.2, 0.25) is 15.9 Å². The minimum atomic E-state index is -4.42. The topological polar surface area (TPSA) is 70.2 Å². The summed E-state index contributed by atoms with van der Waals surface area (Å²) in [5, 5.41) is 0.182. The zero-order chi connectivity index (χ0) is 26.1. The lowest BCUT2D eigenvalue weighted by atomic mass is 9.97. The van der Waals surface area contributed by atoms with Crippen molar-refractivity contribution in [3.05, 3.63) is 53.1 Å². The van der Waals surface area contributed by atoms with E-state index in [2.05, 4.69) is 0 Å². The van der Waals surface area contributed by atoms with E-state index in [0.717, 1.165) is 12.1 Å². The molecule has 4 rings (SSSR count). The molecule has 196 valence electrons. The third-order valence-corrected chi connectivity index (χ3v) is 8.78. The molecular weight excluding hydrogens is 519 g/mol. The molecule has 0 aliphatic carbocycles. The van der Waals surface area contributed by atoms with Crippen molar-refractivity contribution in [1.82, 2.24) is 9.21 Å². The summed E-state index contributed by atoms with van der Waals surface area (Å²) in [5.74, 6) is -0.250. The molecule has 2 saturated heterocycles. The number of sulfonamides is 1. The Labute approximate surface area is 213 Å². The van der Waals surface area contributed by atoms with E-state index in [1.165, 1.54) is 35.7 Å². The number of benzene rings is 2. The number of carbonyl (C=O) groups is 1. The molecule has 2 fully saturated rings. The minimum Gasteiger partial charge on any atom is -0.495 e. The van der Waals surface area contributed by atoms with E-state index in [0.29, 0.717) is 57.0 Å². The van der Waals surface area contributed by atoms with Gasteiger partial charge in [0.25, 0.3) is 0 Å². The highest BCUT2D eigenvalue weighted by Crippen LogP contribution is 2.33. The lowest BCUT2D eigenvalue weighted by molar-refractivity contribution is -0.137. The molecule has 0 saturated carbocycles. The lowest BCUT2D eigenvalue weighted by Gasteiger charge is -2.39. The van der Waals surface area contributed by atoms with Crippen LogP contribution in [0.5, 0.6) is 5.75 Å². The van der Waals surface area contributed by atoms with Crippen LogP contribution in [0.4, 0.5) is 18.9 Å². The summed E-state index contributed by atoms with van der Waals surface area (Å²) in [7, 11) is -2.41. The number of carbonyl (C=O) groups excluding carboxylic acids is 1. The van der Waals surface area contributed by atoms with Crippen LogP contribution in [0, 0.1) is 5.92 Å². The van der Waals surface area contributed by atoms with Crippen LogP contribution in [0.1, 0.15) is 18.4 Å². The van der Waals surface area contributed by atoms with Gasteiger partial charge in [-0.3, -0.25) is 4.79 Å². The van der Waals surface area contributed by atoms with Crippen LogP contribution in [0.3, 0.4) is 0 Å². The molecule has 36 heavy (non-hydrogen) atoms. The molecule has 0 radical (unpaired) electrons. The van der Waals surface area contributed by atoms with Crippen molar-refractivity contribution in [3.8, 4) is 5.75 Å². The Hall–Kier alpha value is -2.50. The van der Waals surface area contributed by atoms with Crippen LogP contribution in [0.15, 0.2) is 47.4 Å². The van der Waals surface area contributed by atoms with Crippen molar-refractivity contribution in [2.24, 2.45) is 5.92 Å². The van der Waals surface area contributed by atoms with Gasteiger partial charge in [0.1, 0.15) is 5.75 Å². The second kappa shape index (κ2) is 10.5. The van der Waals surface area contributed by atoms with Gasteiger partial charge in [-0.05, 0) is 49.2 Å². The van der Waals surface area contributed by atoms with Crippen LogP contribution in [0.25, 0.3) is 0 Å². The van der Waals surface area contributed by atoms with Crippen LogP contribution in [-0.4, -0.2) is 69.9 Å². The number of piperidine rings is 1. The molecule has 12 heteroatoms. The maximum absolute atomic E-state index is 13.2. The Morgan fingerprint density at radius 2 is 1.78 bits per heavy atom. The number of nitrogens with zero attached hydrogens (tertiary/aromatic N) is 3. The van der Waals surface area contributed by atoms with E-state index in [-0.39, 0.29) is 22.4 Å². The first kappa shape index (κ1) is 26.6. The first-order valence-corrected chi connectivity index (χ1v) is 13.4. The number of amides is 1. The van der Waals surface area contributed by atoms with Gasteiger partial charge in [-0.1, -0.05) is 17.7 Å². The number of anilines is 1. The summed E-state index contributed by atoms with van der Waals surface area (Å²) in [5.41, 5.74) is -0.245. The Morgan fingerprint density at radius 1 is 1.06 bits per heavy atom. The van der Waals surface area contributed by atoms with Crippen molar-refractivity contribution >= 4 is 33.2 Å². The van der Waals surface area contributed by atoms with Gasteiger partial charge in [-0.15, -0.1) is 0 Å². The fourth-order valence-corrected chi connectivity index (χ4v) is 6.51. The maximum atomic E-state index is 13.2. The molecule has 0 spiro atoms. The minimum absolute atomic E-state index is 0.0381. The lowest BCUT2D eigenvalue weighted by Crippen LogP contribution is -2.53. The monoisotopic (exact) mass is 545 g/mol. The Balaban J connectivity index is 1.39. The Morgan fingerprint density at radius 3 is 2.42 bits per heavy atom. The van der Waals surface area contributed by atoms with Gasteiger partial charge in [-0.25, -0.2) is 8.42 Å². The molecule has 0 aromatic heterocycles. The van der Waals surface area contributed by atoms with Gasteiger partial charge < -0.3 is 14.5 Å². The SMILES string of the molecule is COc1ccc(S(=O)(=O)N2CCC[C@H](C(=O)N3CCN(c4cccc(C(F)(F)F)c4)CC3)C2)cc1Cl. The molecule has 2 heterocycles. The molecule has 2 aliphatic heterocycles. The number of ether oxygens (including phenoxy) is 1. The number of rotatable bonds is 5. The Bertz CT molecular complexity index is 1220. The molecule has 0 N–H and O–H groups in total. The number of hydrogen-bond acceptors (Lipinski definition) is 5. The van der Waals surface area contributed by atoms with Crippen molar-refractivity contribution in [2.75, 3.05) is 51.3 Å². The van der Waals surface area contributed by atoms with Crippen LogP contribution >= 0.6 is 11.6 Å². The highest BCUT2D eigenvalue weighted by molar-refractivity contribution is 7.89. The summed E-state index contributed by atoms with van der Waals surface area (Å²) < 4.78 is 72.0. The molecule has 0 bridgehead atoms. The fraction of sp³-hybridized carbons (Fsp3) is 0.458. The van der Waals surface area contributed by atoms with Gasteiger partial charge in [0.15, 0.2) is 0 Å². The number of piperazine rings is 1. The second-order valence-electron chi connectivity index (χ2n) is 8.86. The van der Waals surface area contributed by atoms with E-state index >= 15 is 0 Å². The standard InChI is InChI=1S/C24H27ClF3N3O4S/c1-35-22-8-7-20(15-21(22)25)36(33,34)31-9-3-4-17(16-31)23(32)30-12-10-29(11-13-30)19-6-2-5-18(14-19)24(26,27)28/h2,5-8,14-15,17H,3-4,9-13,16H2,1H3/t17-/m0/s1. The highest BCUT2D eigenvalue weighted by Gasteiger charge is 2.36. The van der Waals surface area contributed by atoms with Crippen LogP contribution < -0.4 is 9.64 Å². The van der Waals surface area contributed by atoms with E-state index in [4.69, 9.17) is 16.3 Å². The molecule has 2 aromatic carbocycles. The number of methoxy groups -OCH3 is 1. The third kappa shape index (κ3) is 5.57. The Kier molecular flexibility index (Phi) is 7.72. The zero-order valence-electron chi connectivity index (χ0n) is 19.7. The number of hydrogen-bond donors (Lipinski definition) is 0. The maximum Gasteiger partial charge on any atom is 0.416 e. The summed E-state index contributed by atoms with van der Waals surface area (Å²) in [6.07, 6.45) is -3.30. The predicted molar refractivity (Wildman–Crippen MR) is 130 cm³/mol. The van der Waals surface area contributed by atoms with Crippen molar-refractivity contribution in [3.63, 3.8) is 0 Å². The average Bonchev–Trinajstić information content (AvgIpc) is 2.88. The molecular formula is C24H27ClF3N3O4S. The van der Waals surface area contributed by atoms with Gasteiger partial charge in [0, 0.05) is 45.0 Å². The smallest absolute Gasteiger partial charge is 0.416 e. The average molecular weight is 546 g/mol. The third-order valence-electron chi connectivity index (χ3n) is 6.62. The zero-order valence-corrected chi connectivity index (χ0v) is 21.2. The molecule has 7 nitrogen and oxygen atoms in total. The van der Waals surface area contributed by atoms with Crippen molar-refractivity contribution in [2.45, 2.75) is 23.9 Å². The van der Waals surface area contributed by atoms with E-state index in [1.807, 2.05) is 4.90 Å². The van der Waals surface area contributed by atoms with Crippen molar-refractivity contribution < 1.29 is 31.1 Å². The van der Waals surface area contributed by atoms with Gasteiger partial charge >= 0.3 is 6.18 Å². The molecule has 0 unspecified atom stereocenters. The number of alkyl halides is 3. The van der Waals surface area contributed by atoms with E-state index in [9.17, 15) is 26.4 Å². The summed E-state index contributed by atoms with van der Waals surface area (Å²) in [4.78, 5) is 16.8. The van der Waals surface area contributed by atoms with E-state index < -0.39 is 27.7 Å². The molecule has 2 aromatic rings. The fourth-order valence-electron chi connectivity index (χ4n) is 4.64. The van der Waals surface area contributed by atoms with Gasteiger partial charge in [0.05, 0.1) is 28.5 Å². The quantitative estimate of drug-likeness (QED) is 0.565. The summed E-state index contributed by atoms with van der Waals surface area (Å²) in [6, 6.07) is 9.42. The first-order chi connectivity index (χ1) is 17.0. The van der Waals surface area contributed by atoms with Gasteiger partial charge in [-0.2, -0.15) is 17.5 Å². The molecule has 1 atom stereocenters.